The molecule has 1 N–H and O–H groups in total. The van der Waals surface area contributed by atoms with Crippen LogP contribution in [0.4, 0.5) is 0 Å². The van der Waals surface area contributed by atoms with Gasteiger partial charge >= 0.3 is 0 Å². The smallest absolute Gasteiger partial charge is 0.251 e. The normalized spacial score (nSPS) is 16.7. The van der Waals surface area contributed by atoms with E-state index in [0.29, 0.717) is 23.4 Å². The molecule has 1 aromatic rings. The third-order valence-electron chi connectivity index (χ3n) is 3.06. The summed E-state index contributed by atoms with van der Waals surface area (Å²) in [7, 11) is 0. The van der Waals surface area contributed by atoms with E-state index in [1.165, 1.54) is 0 Å². The SMILES string of the molecule is O=C1CCC(NC(=O)c2ccc(Br)c(Cl)c2)CC1. The van der Waals surface area contributed by atoms with Gasteiger partial charge in [0.2, 0.25) is 0 Å². The van der Waals surface area contributed by atoms with Gasteiger partial charge in [-0.15, -0.1) is 0 Å². The molecule has 1 saturated carbocycles. The summed E-state index contributed by atoms with van der Waals surface area (Å²) in [6.45, 7) is 0. The minimum absolute atomic E-state index is 0.0950. The Balaban J connectivity index is 1.99. The van der Waals surface area contributed by atoms with E-state index in [1.54, 1.807) is 18.2 Å². The van der Waals surface area contributed by atoms with Crippen molar-refractivity contribution in [2.45, 2.75) is 31.7 Å². The highest BCUT2D eigenvalue weighted by molar-refractivity contribution is 9.10. The predicted octanol–water partition coefficient (Wildman–Crippen LogP) is 3.34. The molecule has 96 valence electrons. The molecule has 3 nitrogen and oxygen atoms in total. The fraction of sp³-hybridized carbons (Fsp3) is 0.385. The van der Waals surface area contributed by atoms with Crippen LogP contribution in [0.2, 0.25) is 5.02 Å². The first-order valence-electron chi connectivity index (χ1n) is 5.84. The third-order valence-corrected chi connectivity index (χ3v) is 4.29. The van der Waals surface area contributed by atoms with E-state index in [2.05, 4.69) is 21.2 Å². The molecule has 0 aliphatic heterocycles. The number of halogens is 2. The average molecular weight is 331 g/mol. The van der Waals surface area contributed by atoms with E-state index in [0.717, 1.165) is 17.3 Å². The number of Topliss-reactive ketones (excluding diaryl/α,β-unsaturated/α-hetero) is 1. The van der Waals surface area contributed by atoms with Gasteiger partial charge in [-0.2, -0.15) is 0 Å². The Labute approximate surface area is 119 Å². The molecule has 1 amide bonds. The van der Waals surface area contributed by atoms with Crippen molar-refractivity contribution in [3.8, 4) is 0 Å². The Morgan fingerprint density at radius 2 is 2.00 bits per heavy atom. The topological polar surface area (TPSA) is 46.2 Å². The second kappa shape index (κ2) is 5.85. The van der Waals surface area contributed by atoms with Crippen molar-refractivity contribution in [2.75, 3.05) is 0 Å². The van der Waals surface area contributed by atoms with Crippen LogP contribution in [0, 0.1) is 0 Å². The first-order valence-corrected chi connectivity index (χ1v) is 7.01. The molecule has 0 radical (unpaired) electrons. The number of carbonyl (C=O) groups excluding carboxylic acids is 2. The van der Waals surface area contributed by atoms with Gasteiger partial charge in [-0.05, 0) is 47.0 Å². The van der Waals surface area contributed by atoms with Crippen LogP contribution in [-0.2, 0) is 4.79 Å². The summed E-state index contributed by atoms with van der Waals surface area (Å²) in [6, 6.07) is 5.20. The molecule has 0 bridgehead atoms. The summed E-state index contributed by atoms with van der Waals surface area (Å²) in [5, 5.41) is 3.45. The standard InChI is InChI=1S/C13H13BrClNO2/c14-11-6-1-8(7-12(11)15)13(18)16-9-2-4-10(17)5-3-9/h1,6-7,9H,2-5H2,(H,16,18). The van der Waals surface area contributed by atoms with Crippen molar-refractivity contribution >= 4 is 39.2 Å². The van der Waals surface area contributed by atoms with E-state index >= 15 is 0 Å². The summed E-state index contributed by atoms with van der Waals surface area (Å²) in [4.78, 5) is 23.1. The fourth-order valence-electron chi connectivity index (χ4n) is 1.99. The maximum atomic E-state index is 12.0. The lowest BCUT2D eigenvalue weighted by Crippen LogP contribution is -2.37. The van der Waals surface area contributed by atoms with E-state index < -0.39 is 0 Å². The Morgan fingerprint density at radius 3 is 2.61 bits per heavy atom. The minimum Gasteiger partial charge on any atom is -0.349 e. The van der Waals surface area contributed by atoms with E-state index in [9.17, 15) is 9.59 Å². The number of nitrogens with one attached hydrogen (secondary N) is 1. The Morgan fingerprint density at radius 1 is 1.33 bits per heavy atom. The number of hydrogen-bond acceptors (Lipinski definition) is 2. The van der Waals surface area contributed by atoms with Crippen LogP contribution in [0.1, 0.15) is 36.0 Å². The zero-order valence-electron chi connectivity index (χ0n) is 9.71. The molecule has 5 heteroatoms. The Bertz CT molecular complexity index is 480. The average Bonchev–Trinajstić information content (AvgIpc) is 2.35. The van der Waals surface area contributed by atoms with Crippen molar-refractivity contribution in [1.29, 1.82) is 0 Å². The van der Waals surface area contributed by atoms with Crippen LogP contribution in [0.15, 0.2) is 22.7 Å². The van der Waals surface area contributed by atoms with Gasteiger partial charge < -0.3 is 5.32 Å². The summed E-state index contributed by atoms with van der Waals surface area (Å²) >= 11 is 9.23. The van der Waals surface area contributed by atoms with Gasteiger partial charge in [-0.1, -0.05) is 11.6 Å². The maximum absolute atomic E-state index is 12.0. The monoisotopic (exact) mass is 329 g/mol. The summed E-state index contributed by atoms with van der Waals surface area (Å²) < 4.78 is 0.768. The van der Waals surface area contributed by atoms with Gasteiger partial charge in [0.25, 0.3) is 5.91 Å². The molecule has 1 fully saturated rings. The molecule has 0 atom stereocenters. The van der Waals surface area contributed by atoms with Crippen LogP contribution >= 0.6 is 27.5 Å². The summed E-state index contributed by atoms with van der Waals surface area (Å²) in [5.41, 5.74) is 0.542. The van der Waals surface area contributed by atoms with E-state index in [1.807, 2.05) is 0 Å². The minimum atomic E-state index is -0.135. The molecule has 2 rings (SSSR count). The molecule has 0 unspecified atom stereocenters. The van der Waals surface area contributed by atoms with Crippen LogP contribution < -0.4 is 5.32 Å². The van der Waals surface area contributed by atoms with Gasteiger partial charge in [-0.25, -0.2) is 0 Å². The highest BCUT2D eigenvalue weighted by Gasteiger charge is 2.20. The maximum Gasteiger partial charge on any atom is 0.251 e. The molecule has 1 aliphatic carbocycles. The number of rotatable bonds is 2. The molecule has 0 saturated heterocycles. The molecule has 0 aromatic heterocycles. The predicted molar refractivity (Wildman–Crippen MR) is 73.9 cm³/mol. The van der Waals surface area contributed by atoms with Gasteiger partial charge in [-0.3, -0.25) is 9.59 Å². The Kier molecular flexibility index (Phi) is 4.40. The van der Waals surface area contributed by atoms with Crippen LogP contribution in [-0.4, -0.2) is 17.7 Å². The second-order valence-corrected chi connectivity index (χ2v) is 5.68. The van der Waals surface area contributed by atoms with Gasteiger partial charge in [0, 0.05) is 28.9 Å². The van der Waals surface area contributed by atoms with Crippen molar-refractivity contribution < 1.29 is 9.59 Å². The quantitative estimate of drug-likeness (QED) is 0.904. The van der Waals surface area contributed by atoms with Crippen molar-refractivity contribution in [1.82, 2.24) is 5.32 Å². The zero-order chi connectivity index (χ0) is 13.1. The molecular formula is C13H13BrClNO2. The molecular weight excluding hydrogens is 318 g/mol. The van der Waals surface area contributed by atoms with Gasteiger partial charge in [0.1, 0.15) is 5.78 Å². The van der Waals surface area contributed by atoms with Crippen LogP contribution in [0.25, 0.3) is 0 Å². The Hall–Kier alpha value is -0.870. The van der Waals surface area contributed by atoms with Crippen molar-refractivity contribution in [3.63, 3.8) is 0 Å². The molecule has 0 heterocycles. The number of hydrogen-bond donors (Lipinski definition) is 1. The highest BCUT2D eigenvalue weighted by Crippen LogP contribution is 2.23. The first-order chi connectivity index (χ1) is 8.56. The number of ketones is 1. The number of carbonyl (C=O) groups is 2. The molecule has 0 spiro atoms. The first kappa shape index (κ1) is 13.6. The number of amides is 1. The van der Waals surface area contributed by atoms with Crippen molar-refractivity contribution in [3.05, 3.63) is 33.3 Å². The lowest BCUT2D eigenvalue weighted by molar-refractivity contribution is -0.120. The van der Waals surface area contributed by atoms with Crippen LogP contribution in [0.5, 0.6) is 0 Å². The van der Waals surface area contributed by atoms with E-state index in [4.69, 9.17) is 11.6 Å². The number of benzene rings is 1. The third kappa shape index (κ3) is 3.33. The second-order valence-electron chi connectivity index (χ2n) is 4.42. The molecule has 18 heavy (non-hydrogen) atoms. The molecule has 1 aromatic carbocycles. The molecule has 1 aliphatic rings. The lowest BCUT2D eigenvalue weighted by atomic mass is 9.94. The van der Waals surface area contributed by atoms with Gasteiger partial charge in [0.05, 0.1) is 5.02 Å². The van der Waals surface area contributed by atoms with Crippen LogP contribution in [0.3, 0.4) is 0 Å². The largest absolute Gasteiger partial charge is 0.349 e. The van der Waals surface area contributed by atoms with Crippen molar-refractivity contribution in [2.24, 2.45) is 0 Å². The summed E-state index contributed by atoms with van der Waals surface area (Å²) in [5.74, 6) is 0.149. The fourth-order valence-corrected chi connectivity index (χ4v) is 2.42. The lowest BCUT2D eigenvalue weighted by Gasteiger charge is -2.22. The zero-order valence-corrected chi connectivity index (χ0v) is 12.1. The van der Waals surface area contributed by atoms with E-state index in [-0.39, 0.29) is 17.7 Å². The highest BCUT2D eigenvalue weighted by atomic mass is 79.9. The summed E-state index contributed by atoms with van der Waals surface area (Å²) in [6.07, 6.45) is 2.59. The van der Waals surface area contributed by atoms with Gasteiger partial charge in [0.15, 0.2) is 0 Å².